The monoisotopic (exact) mass is 318 g/mol. The molecule has 0 aliphatic heterocycles. The average Bonchev–Trinajstić information content (AvgIpc) is 2.36. The largest absolute Gasteiger partial charge is 0.431 e. The number of hydrogen-bond donors (Lipinski definition) is 1. The van der Waals surface area contributed by atoms with Crippen molar-refractivity contribution in [1.29, 1.82) is 0 Å². The minimum atomic E-state index is -6.16. The fraction of sp³-hybridized carbons (Fsp3) is 0.538. The maximum Gasteiger partial charge on any atom is 0.431 e. The van der Waals surface area contributed by atoms with E-state index in [4.69, 9.17) is 0 Å². The minimum absolute atomic E-state index is 0.206. The molecule has 1 unspecified atom stereocenters. The highest BCUT2D eigenvalue weighted by atomic mass is 19.4. The molecule has 1 aromatic carbocycles. The molecule has 1 atom stereocenters. The summed E-state index contributed by atoms with van der Waals surface area (Å²) < 4.78 is 87.8. The fourth-order valence-corrected chi connectivity index (χ4v) is 1.75. The van der Waals surface area contributed by atoms with E-state index in [2.05, 4.69) is 0 Å². The van der Waals surface area contributed by atoms with E-state index in [9.17, 15) is 35.8 Å². The van der Waals surface area contributed by atoms with E-state index in [1.54, 1.807) is 6.92 Å². The van der Waals surface area contributed by atoms with Crippen molar-refractivity contribution in [2.24, 2.45) is 0 Å². The van der Waals surface area contributed by atoms with Crippen LogP contribution in [0.2, 0.25) is 0 Å². The Bertz CT molecular complexity index is 447. The third kappa shape index (κ3) is 3.66. The highest BCUT2D eigenvalue weighted by Crippen LogP contribution is 2.50. The predicted molar refractivity (Wildman–Crippen MR) is 61.3 cm³/mol. The number of hydrogen-bond acceptors (Lipinski definition) is 1. The van der Waals surface area contributed by atoms with Crippen LogP contribution >= 0.6 is 0 Å². The van der Waals surface area contributed by atoms with Crippen LogP contribution in [0.4, 0.5) is 30.7 Å². The van der Waals surface area contributed by atoms with Crippen LogP contribution in [0.1, 0.15) is 30.6 Å². The van der Waals surface area contributed by atoms with E-state index < -0.39 is 30.5 Å². The van der Waals surface area contributed by atoms with Crippen LogP contribution in [0.15, 0.2) is 24.3 Å². The van der Waals surface area contributed by atoms with Crippen molar-refractivity contribution in [3.05, 3.63) is 35.4 Å². The molecular formula is C13H13F7O. The summed E-state index contributed by atoms with van der Waals surface area (Å²) >= 11 is 0. The molecule has 0 aliphatic carbocycles. The summed E-state index contributed by atoms with van der Waals surface area (Å²) in [5, 5.41) is 9.51. The van der Waals surface area contributed by atoms with E-state index >= 15 is 0 Å². The Morgan fingerprint density at radius 1 is 0.905 bits per heavy atom. The number of benzene rings is 1. The van der Waals surface area contributed by atoms with Crippen molar-refractivity contribution in [3.8, 4) is 0 Å². The second kappa shape index (κ2) is 5.82. The van der Waals surface area contributed by atoms with Gasteiger partial charge in [0, 0.05) is 6.42 Å². The molecule has 1 aromatic rings. The quantitative estimate of drug-likeness (QED) is 0.810. The third-order valence-electron chi connectivity index (χ3n) is 3.15. The molecule has 0 spiro atoms. The molecule has 0 fully saturated rings. The zero-order valence-corrected chi connectivity index (χ0v) is 10.9. The van der Waals surface area contributed by atoms with E-state index in [0.29, 0.717) is 6.42 Å². The lowest BCUT2D eigenvalue weighted by molar-refractivity contribution is -0.347. The summed E-state index contributed by atoms with van der Waals surface area (Å²) in [6.07, 6.45) is -16.1. The lowest BCUT2D eigenvalue weighted by Crippen LogP contribution is -2.54. The van der Waals surface area contributed by atoms with Crippen LogP contribution in [0, 0.1) is 0 Å². The summed E-state index contributed by atoms with van der Waals surface area (Å²) in [6.45, 7) is 1.80. The van der Waals surface area contributed by atoms with Gasteiger partial charge in [0.2, 0.25) is 0 Å². The average molecular weight is 318 g/mol. The van der Waals surface area contributed by atoms with E-state index in [-0.39, 0.29) is 5.56 Å². The van der Waals surface area contributed by atoms with Crippen LogP contribution in [-0.2, 0) is 6.42 Å². The molecule has 1 nitrogen and oxygen atoms in total. The Balaban J connectivity index is 3.03. The fourth-order valence-electron chi connectivity index (χ4n) is 1.75. The van der Waals surface area contributed by atoms with Crippen LogP contribution in [0.5, 0.6) is 0 Å². The van der Waals surface area contributed by atoms with Gasteiger partial charge < -0.3 is 5.11 Å². The highest BCUT2D eigenvalue weighted by Gasteiger charge is 2.72. The van der Waals surface area contributed by atoms with Gasteiger partial charge in [0.25, 0.3) is 0 Å². The smallest absolute Gasteiger partial charge is 0.388 e. The van der Waals surface area contributed by atoms with Crippen LogP contribution in [-0.4, -0.2) is 23.1 Å². The Morgan fingerprint density at radius 3 is 1.67 bits per heavy atom. The Hall–Kier alpha value is -1.31. The second-order valence-corrected chi connectivity index (χ2v) is 4.61. The van der Waals surface area contributed by atoms with Gasteiger partial charge in [-0.05, 0) is 17.5 Å². The number of aliphatic hydroxyl groups excluding tert-OH is 1. The van der Waals surface area contributed by atoms with Crippen LogP contribution < -0.4 is 0 Å². The van der Waals surface area contributed by atoms with Gasteiger partial charge in [-0.3, -0.25) is 0 Å². The highest BCUT2D eigenvalue weighted by molar-refractivity contribution is 5.24. The van der Waals surface area contributed by atoms with Gasteiger partial charge in [0.15, 0.2) is 0 Å². The summed E-state index contributed by atoms with van der Waals surface area (Å²) in [6, 6.07) is 5.24. The molecular weight excluding hydrogens is 305 g/mol. The Kier molecular flexibility index (Phi) is 4.92. The Morgan fingerprint density at radius 2 is 1.33 bits per heavy atom. The predicted octanol–water partition coefficient (Wildman–Crippen LogP) is 4.51. The van der Waals surface area contributed by atoms with E-state index in [0.717, 1.165) is 5.56 Å². The summed E-state index contributed by atoms with van der Waals surface area (Å²) in [7, 11) is 0. The van der Waals surface area contributed by atoms with Gasteiger partial charge in [-0.25, -0.2) is 4.39 Å². The number of alkyl halides is 7. The summed E-state index contributed by atoms with van der Waals surface area (Å²) in [5.41, 5.74) is -4.88. The first-order chi connectivity index (χ1) is 9.42. The lowest BCUT2D eigenvalue weighted by atomic mass is 9.92. The molecule has 21 heavy (non-hydrogen) atoms. The molecule has 1 N–H and O–H groups in total. The third-order valence-corrected chi connectivity index (χ3v) is 3.15. The van der Waals surface area contributed by atoms with Gasteiger partial charge in [-0.1, -0.05) is 31.2 Å². The van der Waals surface area contributed by atoms with E-state index in [1.807, 2.05) is 0 Å². The molecule has 120 valence electrons. The van der Waals surface area contributed by atoms with Crippen LogP contribution in [0.3, 0.4) is 0 Å². The molecule has 8 heteroatoms. The van der Waals surface area contributed by atoms with Gasteiger partial charge in [0.05, 0.1) is 6.10 Å². The number of aryl methyl sites for hydroxylation is 1. The molecule has 0 saturated carbocycles. The summed E-state index contributed by atoms with van der Waals surface area (Å²) in [5.74, 6) is 0. The zero-order chi connectivity index (χ0) is 16.5. The second-order valence-electron chi connectivity index (χ2n) is 4.61. The number of rotatable bonds is 4. The van der Waals surface area contributed by atoms with Crippen molar-refractivity contribution in [3.63, 3.8) is 0 Å². The van der Waals surface area contributed by atoms with Crippen molar-refractivity contribution in [1.82, 2.24) is 0 Å². The molecule has 0 bridgehead atoms. The van der Waals surface area contributed by atoms with Crippen molar-refractivity contribution < 1.29 is 35.8 Å². The molecule has 0 heterocycles. The first-order valence-corrected chi connectivity index (χ1v) is 6.01. The Labute approximate surface area is 116 Å². The molecule has 0 aliphatic rings. The topological polar surface area (TPSA) is 20.2 Å². The van der Waals surface area contributed by atoms with Gasteiger partial charge in [0.1, 0.15) is 0 Å². The van der Waals surface area contributed by atoms with Gasteiger partial charge >= 0.3 is 18.0 Å². The molecule has 1 rings (SSSR count). The SMILES string of the molecule is CCc1ccc(C(O)CC(F)(C(F)(F)F)C(F)(F)F)cc1. The van der Waals surface area contributed by atoms with Gasteiger partial charge in [-0.15, -0.1) is 0 Å². The van der Waals surface area contributed by atoms with E-state index in [1.165, 1.54) is 24.3 Å². The summed E-state index contributed by atoms with van der Waals surface area (Å²) in [4.78, 5) is 0. The first-order valence-electron chi connectivity index (χ1n) is 6.01. The molecule has 0 saturated heterocycles. The lowest BCUT2D eigenvalue weighted by Gasteiger charge is -2.31. The standard InChI is InChI=1S/C13H13F7O/c1-2-8-3-5-9(6-4-8)10(21)7-11(14,12(15,16)17)13(18,19)20/h3-6,10,21H,2,7H2,1H3. The number of aliphatic hydroxyl groups is 1. The normalized spacial score (nSPS) is 15.1. The number of halogens is 7. The van der Waals surface area contributed by atoms with Gasteiger partial charge in [-0.2, -0.15) is 26.3 Å². The minimum Gasteiger partial charge on any atom is -0.388 e. The van der Waals surface area contributed by atoms with Crippen LogP contribution in [0.25, 0.3) is 0 Å². The van der Waals surface area contributed by atoms with Crippen molar-refractivity contribution >= 4 is 0 Å². The van der Waals surface area contributed by atoms with Crippen molar-refractivity contribution in [2.45, 2.75) is 43.9 Å². The first kappa shape index (κ1) is 17.7. The maximum absolute atomic E-state index is 13.5. The molecule has 0 amide bonds. The zero-order valence-electron chi connectivity index (χ0n) is 10.9. The molecule has 0 radical (unpaired) electrons. The maximum atomic E-state index is 13.5. The molecule has 0 aromatic heterocycles. The van der Waals surface area contributed by atoms with Crippen molar-refractivity contribution in [2.75, 3.05) is 0 Å².